The topological polar surface area (TPSA) is 85.3 Å². The van der Waals surface area contributed by atoms with Crippen molar-refractivity contribution in [1.82, 2.24) is 9.55 Å². The summed E-state index contributed by atoms with van der Waals surface area (Å²) in [5.74, 6) is 0.188. The van der Waals surface area contributed by atoms with Gasteiger partial charge in [0.05, 0.1) is 35.7 Å². The third kappa shape index (κ3) is 4.12. The largest absolute Gasteiger partial charge is 0.495 e. The normalized spacial score (nSPS) is 16.0. The van der Waals surface area contributed by atoms with Crippen molar-refractivity contribution in [2.75, 3.05) is 19.0 Å². The van der Waals surface area contributed by atoms with Crippen LogP contribution in [0, 0.1) is 4.77 Å². The average Bonchev–Trinajstić information content (AvgIpc) is 3.24. The maximum absolute atomic E-state index is 12.9. The number of aromatic nitrogens is 2. The predicted octanol–water partition coefficient (Wildman–Crippen LogP) is 4.15. The van der Waals surface area contributed by atoms with Gasteiger partial charge in [0.25, 0.3) is 11.5 Å². The van der Waals surface area contributed by atoms with Crippen molar-refractivity contribution in [3.8, 4) is 5.75 Å². The van der Waals surface area contributed by atoms with Gasteiger partial charge in [0.1, 0.15) is 5.75 Å². The lowest BCUT2D eigenvalue weighted by Gasteiger charge is -2.13. The number of nitrogens with zero attached hydrogens (tertiary/aromatic N) is 1. The lowest BCUT2D eigenvalue weighted by atomic mass is 10.1. The van der Waals surface area contributed by atoms with E-state index in [1.807, 2.05) is 0 Å². The first-order valence-electron chi connectivity index (χ1n) is 9.49. The first-order valence-corrected chi connectivity index (χ1v) is 10.3. The molecule has 0 aliphatic carbocycles. The van der Waals surface area contributed by atoms with E-state index in [-0.39, 0.29) is 17.6 Å². The van der Waals surface area contributed by atoms with Crippen molar-refractivity contribution in [2.45, 2.75) is 25.5 Å². The minimum atomic E-state index is -0.332. The molecule has 2 N–H and O–H groups in total. The SMILES string of the molecule is COc1ccc(NC(=O)c2ccc3c(=O)n(C[C@H]4CCCO4)c(=S)[nH]c3c2)cc1Cl. The summed E-state index contributed by atoms with van der Waals surface area (Å²) < 4.78 is 12.6. The van der Waals surface area contributed by atoms with E-state index in [4.69, 9.17) is 33.3 Å². The number of amides is 1. The van der Waals surface area contributed by atoms with Crippen LogP contribution in [-0.4, -0.2) is 35.3 Å². The minimum Gasteiger partial charge on any atom is -0.495 e. The number of halogens is 1. The number of hydrogen-bond acceptors (Lipinski definition) is 5. The zero-order valence-corrected chi connectivity index (χ0v) is 17.8. The van der Waals surface area contributed by atoms with Crippen LogP contribution in [0.3, 0.4) is 0 Å². The average molecular weight is 446 g/mol. The monoisotopic (exact) mass is 445 g/mol. The van der Waals surface area contributed by atoms with Crippen LogP contribution in [0.5, 0.6) is 5.75 Å². The molecular formula is C21H20ClN3O4S. The number of fused-ring (bicyclic) bond motifs is 1. The molecule has 0 unspecified atom stereocenters. The van der Waals surface area contributed by atoms with Crippen LogP contribution >= 0.6 is 23.8 Å². The molecule has 1 aromatic heterocycles. The van der Waals surface area contributed by atoms with E-state index in [1.54, 1.807) is 36.4 Å². The molecule has 30 heavy (non-hydrogen) atoms. The molecule has 1 aliphatic rings. The van der Waals surface area contributed by atoms with E-state index < -0.39 is 0 Å². The van der Waals surface area contributed by atoms with Gasteiger partial charge in [-0.25, -0.2) is 0 Å². The number of ether oxygens (including phenoxy) is 2. The molecule has 1 amide bonds. The number of benzene rings is 2. The van der Waals surface area contributed by atoms with Crippen LogP contribution in [0.25, 0.3) is 10.9 Å². The Hall–Kier alpha value is -2.68. The Morgan fingerprint density at radius 2 is 2.20 bits per heavy atom. The first-order chi connectivity index (χ1) is 14.5. The molecule has 3 aromatic rings. The summed E-state index contributed by atoms with van der Waals surface area (Å²) in [6, 6.07) is 9.83. The van der Waals surface area contributed by atoms with Crippen LogP contribution in [0.15, 0.2) is 41.2 Å². The molecule has 0 radical (unpaired) electrons. The maximum atomic E-state index is 12.9. The van der Waals surface area contributed by atoms with Gasteiger partial charge in [-0.1, -0.05) is 11.6 Å². The highest BCUT2D eigenvalue weighted by molar-refractivity contribution is 7.71. The highest BCUT2D eigenvalue weighted by Crippen LogP contribution is 2.27. The smallest absolute Gasteiger partial charge is 0.262 e. The molecule has 0 bridgehead atoms. The van der Waals surface area contributed by atoms with E-state index >= 15 is 0 Å². The fraction of sp³-hybridized carbons (Fsp3) is 0.286. The van der Waals surface area contributed by atoms with E-state index in [9.17, 15) is 9.59 Å². The number of nitrogens with one attached hydrogen (secondary N) is 2. The summed E-state index contributed by atoms with van der Waals surface area (Å²) in [7, 11) is 1.52. The second-order valence-corrected chi connectivity index (χ2v) is 7.84. The van der Waals surface area contributed by atoms with Gasteiger partial charge in [0, 0.05) is 17.9 Å². The van der Waals surface area contributed by atoms with Gasteiger partial charge in [0.15, 0.2) is 4.77 Å². The number of hydrogen-bond donors (Lipinski definition) is 2. The fourth-order valence-electron chi connectivity index (χ4n) is 3.50. The molecule has 7 nitrogen and oxygen atoms in total. The number of carbonyl (C=O) groups excluding carboxylic acids is 1. The summed E-state index contributed by atoms with van der Waals surface area (Å²) in [6.07, 6.45) is 1.89. The predicted molar refractivity (Wildman–Crippen MR) is 118 cm³/mol. The number of anilines is 1. The molecule has 156 valence electrons. The molecule has 4 rings (SSSR count). The van der Waals surface area contributed by atoms with Crippen molar-refractivity contribution in [1.29, 1.82) is 0 Å². The zero-order chi connectivity index (χ0) is 21.3. The second-order valence-electron chi connectivity index (χ2n) is 7.04. The lowest BCUT2D eigenvalue weighted by molar-refractivity contribution is 0.0957. The summed E-state index contributed by atoms with van der Waals surface area (Å²) in [5, 5.41) is 3.64. The van der Waals surface area contributed by atoms with Crippen molar-refractivity contribution in [3.63, 3.8) is 0 Å². The summed E-state index contributed by atoms with van der Waals surface area (Å²) >= 11 is 11.5. The molecule has 1 saturated heterocycles. The number of carbonyl (C=O) groups is 1. The summed E-state index contributed by atoms with van der Waals surface area (Å²) in [5.41, 5.74) is 1.23. The van der Waals surface area contributed by atoms with Crippen molar-refractivity contribution in [2.24, 2.45) is 0 Å². The third-order valence-corrected chi connectivity index (χ3v) is 5.68. The van der Waals surface area contributed by atoms with Crippen molar-refractivity contribution in [3.05, 3.63) is 62.1 Å². The lowest BCUT2D eigenvalue weighted by Crippen LogP contribution is -2.28. The molecule has 9 heteroatoms. The van der Waals surface area contributed by atoms with E-state index in [0.29, 0.717) is 50.8 Å². The number of rotatable bonds is 5. The van der Waals surface area contributed by atoms with Gasteiger partial charge < -0.3 is 19.8 Å². The van der Waals surface area contributed by atoms with Crippen molar-refractivity contribution < 1.29 is 14.3 Å². The van der Waals surface area contributed by atoms with Gasteiger partial charge in [-0.3, -0.25) is 14.2 Å². The van der Waals surface area contributed by atoms with Crippen LogP contribution in [0.4, 0.5) is 5.69 Å². The Bertz CT molecular complexity index is 1230. The Kier molecular flexibility index (Phi) is 5.90. The molecular weight excluding hydrogens is 426 g/mol. The number of aromatic amines is 1. The van der Waals surface area contributed by atoms with Crippen LogP contribution in [-0.2, 0) is 11.3 Å². The Labute approximate surface area is 182 Å². The van der Waals surface area contributed by atoms with Gasteiger partial charge in [-0.05, 0) is 61.5 Å². The highest BCUT2D eigenvalue weighted by Gasteiger charge is 2.18. The molecule has 0 spiro atoms. The van der Waals surface area contributed by atoms with Gasteiger partial charge in [0.2, 0.25) is 0 Å². The fourth-order valence-corrected chi connectivity index (χ4v) is 4.03. The van der Waals surface area contributed by atoms with Gasteiger partial charge in [-0.2, -0.15) is 0 Å². The zero-order valence-electron chi connectivity index (χ0n) is 16.2. The van der Waals surface area contributed by atoms with Gasteiger partial charge in [-0.15, -0.1) is 0 Å². The molecule has 1 fully saturated rings. The first kappa shape index (κ1) is 20.6. The Balaban J connectivity index is 1.61. The van der Waals surface area contributed by atoms with Crippen LogP contribution in [0.2, 0.25) is 5.02 Å². The third-order valence-electron chi connectivity index (χ3n) is 5.06. The summed E-state index contributed by atoms with van der Waals surface area (Å²) in [6.45, 7) is 1.13. The molecule has 2 heterocycles. The van der Waals surface area contributed by atoms with Crippen molar-refractivity contribution >= 4 is 46.3 Å². The second kappa shape index (κ2) is 8.59. The minimum absolute atomic E-state index is 0.00313. The molecule has 2 aromatic carbocycles. The summed E-state index contributed by atoms with van der Waals surface area (Å²) in [4.78, 5) is 28.6. The highest BCUT2D eigenvalue weighted by atomic mass is 35.5. The van der Waals surface area contributed by atoms with E-state index in [2.05, 4.69) is 10.3 Å². The van der Waals surface area contributed by atoms with Gasteiger partial charge >= 0.3 is 0 Å². The Morgan fingerprint density at radius 3 is 2.90 bits per heavy atom. The maximum Gasteiger partial charge on any atom is 0.262 e. The van der Waals surface area contributed by atoms with Crippen LogP contribution < -0.4 is 15.6 Å². The molecule has 0 saturated carbocycles. The van der Waals surface area contributed by atoms with Crippen LogP contribution in [0.1, 0.15) is 23.2 Å². The molecule has 1 aliphatic heterocycles. The quantitative estimate of drug-likeness (QED) is 0.576. The number of H-pyrrole nitrogens is 1. The van der Waals surface area contributed by atoms with E-state index in [1.165, 1.54) is 11.7 Å². The van der Waals surface area contributed by atoms with E-state index in [0.717, 1.165) is 12.8 Å². The number of methoxy groups -OCH3 is 1. The Morgan fingerprint density at radius 1 is 1.37 bits per heavy atom. The molecule has 1 atom stereocenters. The standard InChI is InChI=1S/C21H20ClN3O4S/c1-28-18-7-5-13(10-16(18)22)23-19(26)12-4-6-15-17(9-12)24-21(30)25(20(15)27)11-14-3-2-8-29-14/h4-7,9-10,14H,2-3,8,11H2,1H3,(H,23,26)(H,24,30)/t14-/m1/s1.